The quantitative estimate of drug-likeness (QED) is 0.656. The molecule has 2 aliphatic rings. The fraction of sp³-hybridized carbons (Fsp3) is 0.500. The molecule has 160 valence electrons. The van der Waals surface area contributed by atoms with Crippen LogP contribution in [0.1, 0.15) is 41.3 Å². The molecule has 0 aliphatic carbocycles. The normalized spacial score (nSPS) is 24.0. The van der Waals surface area contributed by atoms with E-state index in [1.165, 1.54) is 10.4 Å². The lowest BCUT2D eigenvalue weighted by atomic mass is 9.95. The molecule has 3 atom stereocenters. The van der Waals surface area contributed by atoms with E-state index in [0.717, 1.165) is 31.4 Å². The molecular formula is C22H29N5O2S. The van der Waals surface area contributed by atoms with Gasteiger partial charge in [-0.25, -0.2) is 10.9 Å². The van der Waals surface area contributed by atoms with E-state index in [9.17, 15) is 9.59 Å². The molecule has 2 aliphatic heterocycles. The summed E-state index contributed by atoms with van der Waals surface area (Å²) in [4.78, 5) is 32.9. The highest BCUT2D eigenvalue weighted by Gasteiger charge is 2.36. The Morgan fingerprint density at radius 1 is 1.27 bits per heavy atom. The van der Waals surface area contributed by atoms with Crippen LogP contribution in [0.25, 0.3) is 0 Å². The minimum atomic E-state index is -0.271. The SMILES string of the molecule is Cc1ccsc1CCNC(=O)C1CCCN(C(=O)C2CC(c3ccncc3)NN2)C1. The van der Waals surface area contributed by atoms with Gasteiger partial charge in [0, 0.05) is 42.9 Å². The number of rotatable bonds is 6. The van der Waals surface area contributed by atoms with Crippen molar-refractivity contribution in [1.82, 2.24) is 26.1 Å². The lowest BCUT2D eigenvalue weighted by molar-refractivity contribution is -0.137. The molecule has 0 saturated carbocycles. The molecule has 0 aromatic carbocycles. The molecular weight excluding hydrogens is 398 g/mol. The number of aryl methyl sites for hydroxylation is 1. The van der Waals surface area contributed by atoms with Crippen LogP contribution in [0.4, 0.5) is 0 Å². The zero-order chi connectivity index (χ0) is 20.9. The van der Waals surface area contributed by atoms with Crippen molar-refractivity contribution in [3.05, 3.63) is 52.0 Å². The fourth-order valence-electron chi connectivity index (χ4n) is 4.25. The number of pyridine rings is 1. The van der Waals surface area contributed by atoms with E-state index >= 15 is 0 Å². The number of likely N-dealkylation sites (tertiary alicyclic amines) is 1. The molecule has 4 rings (SSSR count). The second-order valence-electron chi connectivity index (χ2n) is 8.10. The summed E-state index contributed by atoms with van der Waals surface area (Å²) < 4.78 is 0. The molecule has 3 unspecified atom stereocenters. The van der Waals surface area contributed by atoms with Gasteiger partial charge in [-0.05, 0) is 67.3 Å². The summed E-state index contributed by atoms with van der Waals surface area (Å²) in [7, 11) is 0. The first-order valence-corrected chi connectivity index (χ1v) is 11.5. The maximum Gasteiger partial charge on any atom is 0.241 e. The van der Waals surface area contributed by atoms with Crippen molar-refractivity contribution in [2.75, 3.05) is 19.6 Å². The molecule has 2 aromatic heterocycles. The first-order valence-electron chi connectivity index (χ1n) is 10.6. The molecule has 30 heavy (non-hydrogen) atoms. The highest BCUT2D eigenvalue weighted by atomic mass is 32.1. The summed E-state index contributed by atoms with van der Waals surface area (Å²) in [6.45, 7) is 3.96. The van der Waals surface area contributed by atoms with Crippen LogP contribution in [-0.2, 0) is 16.0 Å². The smallest absolute Gasteiger partial charge is 0.241 e. The Morgan fingerprint density at radius 3 is 2.87 bits per heavy atom. The predicted octanol–water partition coefficient (Wildman–Crippen LogP) is 1.96. The molecule has 4 heterocycles. The molecule has 0 bridgehead atoms. The number of hydrogen-bond donors (Lipinski definition) is 3. The number of aromatic nitrogens is 1. The van der Waals surface area contributed by atoms with Crippen molar-refractivity contribution >= 4 is 23.2 Å². The number of carbonyl (C=O) groups excluding carboxylic acids is 2. The van der Waals surface area contributed by atoms with Gasteiger partial charge in [-0.2, -0.15) is 0 Å². The Labute approximate surface area is 181 Å². The third-order valence-electron chi connectivity index (χ3n) is 6.03. The van der Waals surface area contributed by atoms with Gasteiger partial charge in [-0.1, -0.05) is 0 Å². The Hall–Kier alpha value is -2.29. The average molecular weight is 428 g/mol. The fourth-order valence-corrected chi connectivity index (χ4v) is 5.16. The summed E-state index contributed by atoms with van der Waals surface area (Å²) in [6, 6.07) is 5.85. The molecule has 2 amide bonds. The molecule has 7 nitrogen and oxygen atoms in total. The van der Waals surface area contributed by atoms with Crippen LogP contribution in [0.5, 0.6) is 0 Å². The van der Waals surface area contributed by atoms with Crippen LogP contribution in [0.2, 0.25) is 0 Å². The molecule has 0 radical (unpaired) electrons. The summed E-state index contributed by atoms with van der Waals surface area (Å²) >= 11 is 1.73. The minimum Gasteiger partial charge on any atom is -0.355 e. The standard InChI is InChI=1S/C22H29N5O2S/c1-15-7-12-30-20(15)6-10-24-21(28)17-3-2-11-27(14-17)22(29)19-13-18(25-26-19)16-4-8-23-9-5-16/h4-5,7-9,12,17-19,25-26H,2-3,6,10-11,13-14H2,1H3,(H,24,28). The number of hydrazine groups is 1. The number of thiophene rings is 1. The van der Waals surface area contributed by atoms with Crippen molar-refractivity contribution in [2.45, 2.75) is 44.7 Å². The van der Waals surface area contributed by atoms with E-state index in [2.05, 4.69) is 39.5 Å². The maximum absolute atomic E-state index is 13.0. The van der Waals surface area contributed by atoms with Crippen molar-refractivity contribution in [2.24, 2.45) is 5.92 Å². The zero-order valence-electron chi connectivity index (χ0n) is 17.3. The Bertz CT molecular complexity index is 871. The summed E-state index contributed by atoms with van der Waals surface area (Å²) in [5.41, 5.74) is 8.76. The second-order valence-corrected chi connectivity index (χ2v) is 9.10. The number of nitrogens with one attached hydrogen (secondary N) is 3. The van der Waals surface area contributed by atoms with Gasteiger partial charge in [0.15, 0.2) is 0 Å². The van der Waals surface area contributed by atoms with E-state index in [1.54, 1.807) is 23.7 Å². The first-order chi connectivity index (χ1) is 14.6. The Morgan fingerprint density at radius 2 is 2.10 bits per heavy atom. The average Bonchev–Trinajstić information content (AvgIpc) is 3.43. The van der Waals surface area contributed by atoms with Crippen LogP contribution < -0.4 is 16.2 Å². The third-order valence-corrected chi connectivity index (χ3v) is 7.12. The Kier molecular flexibility index (Phi) is 6.76. The predicted molar refractivity (Wildman–Crippen MR) is 117 cm³/mol. The molecule has 2 aromatic rings. The molecule has 2 fully saturated rings. The van der Waals surface area contributed by atoms with Crippen LogP contribution in [0.3, 0.4) is 0 Å². The largest absolute Gasteiger partial charge is 0.355 e. The van der Waals surface area contributed by atoms with E-state index in [-0.39, 0.29) is 29.8 Å². The van der Waals surface area contributed by atoms with Gasteiger partial charge >= 0.3 is 0 Å². The lowest BCUT2D eigenvalue weighted by Gasteiger charge is -2.33. The van der Waals surface area contributed by atoms with E-state index in [0.29, 0.717) is 19.5 Å². The van der Waals surface area contributed by atoms with Crippen LogP contribution in [-0.4, -0.2) is 47.4 Å². The number of amides is 2. The molecule has 3 N–H and O–H groups in total. The summed E-state index contributed by atoms with van der Waals surface area (Å²) in [6.07, 6.45) is 6.78. The van der Waals surface area contributed by atoms with Gasteiger partial charge in [0.1, 0.15) is 6.04 Å². The van der Waals surface area contributed by atoms with E-state index in [4.69, 9.17) is 0 Å². The second kappa shape index (κ2) is 9.68. The Balaban J connectivity index is 1.26. The van der Waals surface area contributed by atoms with Gasteiger partial charge in [0.25, 0.3) is 0 Å². The highest BCUT2D eigenvalue weighted by molar-refractivity contribution is 7.10. The van der Waals surface area contributed by atoms with Gasteiger partial charge in [0.05, 0.1) is 5.92 Å². The molecule has 8 heteroatoms. The zero-order valence-corrected chi connectivity index (χ0v) is 18.1. The monoisotopic (exact) mass is 427 g/mol. The van der Waals surface area contributed by atoms with Crippen molar-refractivity contribution < 1.29 is 9.59 Å². The van der Waals surface area contributed by atoms with Gasteiger partial charge in [-0.15, -0.1) is 11.3 Å². The summed E-state index contributed by atoms with van der Waals surface area (Å²) in [5.74, 6) is 0.0112. The van der Waals surface area contributed by atoms with Gasteiger partial charge in [-0.3, -0.25) is 14.6 Å². The number of hydrogen-bond acceptors (Lipinski definition) is 6. The molecule has 0 spiro atoms. The number of carbonyl (C=O) groups is 2. The number of nitrogens with zero attached hydrogens (tertiary/aromatic N) is 2. The van der Waals surface area contributed by atoms with Crippen molar-refractivity contribution in [3.63, 3.8) is 0 Å². The van der Waals surface area contributed by atoms with Crippen LogP contribution >= 0.6 is 11.3 Å². The lowest BCUT2D eigenvalue weighted by Crippen LogP contribution is -2.51. The van der Waals surface area contributed by atoms with Crippen LogP contribution in [0.15, 0.2) is 36.0 Å². The van der Waals surface area contributed by atoms with E-state index in [1.807, 2.05) is 17.0 Å². The van der Waals surface area contributed by atoms with Crippen molar-refractivity contribution in [1.29, 1.82) is 0 Å². The third kappa shape index (κ3) is 4.88. The highest BCUT2D eigenvalue weighted by Crippen LogP contribution is 2.24. The van der Waals surface area contributed by atoms with Crippen molar-refractivity contribution in [3.8, 4) is 0 Å². The maximum atomic E-state index is 13.0. The topological polar surface area (TPSA) is 86.4 Å². The first kappa shape index (κ1) is 21.0. The van der Waals surface area contributed by atoms with E-state index < -0.39 is 0 Å². The van der Waals surface area contributed by atoms with Gasteiger partial charge in [0.2, 0.25) is 11.8 Å². The van der Waals surface area contributed by atoms with Crippen LogP contribution in [0, 0.1) is 12.8 Å². The van der Waals surface area contributed by atoms with Gasteiger partial charge < -0.3 is 10.2 Å². The summed E-state index contributed by atoms with van der Waals surface area (Å²) in [5, 5.41) is 5.16. The molecule has 2 saturated heterocycles. The number of piperidine rings is 1. The minimum absolute atomic E-state index is 0.0638.